The molecule has 1 heterocycles. The van der Waals surface area contributed by atoms with Crippen LogP contribution in [-0.4, -0.2) is 21.5 Å². The monoisotopic (exact) mass is 202 g/mol. The highest BCUT2D eigenvalue weighted by Crippen LogP contribution is 2.16. The van der Waals surface area contributed by atoms with Gasteiger partial charge in [-0.15, -0.1) is 5.10 Å². The van der Waals surface area contributed by atoms with Crippen molar-refractivity contribution in [1.82, 2.24) is 15.4 Å². The van der Waals surface area contributed by atoms with Crippen LogP contribution in [0.2, 0.25) is 0 Å². The summed E-state index contributed by atoms with van der Waals surface area (Å²) < 4.78 is 0. The Labute approximate surface area is 88.5 Å². The Morgan fingerprint density at radius 1 is 1.33 bits per heavy atom. The van der Waals surface area contributed by atoms with Crippen LogP contribution in [0, 0.1) is 0 Å². The second-order valence-corrected chi connectivity index (χ2v) is 3.74. The SMILES string of the molecule is CC(N)Cc1ccc(-c2c[nH]nn2)cc1. The standard InChI is InChI=1S/C11H14N4/c1-8(12)6-9-2-4-10(5-3-9)11-7-13-15-14-11/h2-5,7-8H,6,12H2,1H3,(H,13,14,15). The molecular formula is C11H14N4. The third-order valence-electron chi connectivity index (χ3n) is 2.22. The summed E-state index contributed by atoms with van der Waals surface area (Å²) in [7, 11) is 0. The fourth-order valence-electron chi connectivity index (χ4n) is 1.53. The van der Waals surface area contributed by atoms with Crippen molar-refractivity contribution in [2.75, 3.05) is 0 Å². The van der Waals surface area contributed by atoms with Gasteiger partial charge in [0.05, 0.1) is 0 Å². The van der Waals surface area contributed by atoms with Crippen molar-refractivity contribution >= 4 is 0 Å². The fourth-order valence-corrected chi connectivity index (χ4v) is 1.53. The minimum absolute atomic E-state index is 0.197. The van der Waals surface area contributed by atoms with E-state index in [1.807, 2.05) is 19.1 Å². The second kappa shape index (κ2) is 4.23. The minimum atomic E-state index is 0.197. The van der Waals surface area contributed by atoms with Crippen LogP contribution in [0.4, 0.5) is 0 Å². The lowest BCUT2D eigenvalue weighted by molar-refractivity contribution is 0.738. The first kappa shape index (κ1) is 9.86. The Morgan fingerprint density at radius 3 is 2.60 bits per heavy atom. The number of nitrogens with two attached hydrogens (primary N) is 1. The van der Waals surface area contributed by atoms with Gasteiger partial charge in [0, 0.05) is 17.8 Å². The highest BCUT2D eigenvalue weighted by molar-refractivity contribution is 5.57. The van der Waals surface area contributed by atoms with Crippen LogP contribution in [0.1, 0.15) is 12.5 Å². The van der Waals surface area contributed by atoms with Crippen LogP contribution in [0.3, 0.4) is 0 Å². The second-order valence-electron chi connectivity index (χ2n) is 3.74. The molecule has 1 aromatic heterocycles. The molecule has 0 amide bonds. The van der Waals surface area contributed by atoms with Crippen molar-refractivity contribution in [3.63, 3.8) is 0 Å². The molecule has 0 spiro atoms. The average Bonchev–Trinajstić information content (AvgIpc) is 2.71. The zero-order valence-electron chi connectivity index (χ0n) is 8.64. The average molecular weight is 202 g/mol. The molecule has 0 fully saturated rings. The number of rotatable bonds is 3. The number of H-pyrrole nitrogens is 1. The maximum Gasteiger partial charge on any atom is 0.112 e. The summed E-state index contributed by atoms with van der Waals surface area (Å²) in [6, 6.07) is 8.43. The first-order valence-electron chi connectivity index (χ1n) is 4.97. The number of hydrogen-bond donors (Lipinski definition) is 2. The van der Waals surface area contributed by atoms with E-state index in [-0.39, 0.29) is 6.04 Å². The lowest BCUT2D eigenvalue weighted by Gasteiger charge is -2.05. The maximum atomic E-state index is 5.73. The quantitative estimate of drug-likeness (QED) is 0.789. The summed E-state index contributed by atoms with van der Waals surface area (Å²) in [5.74, 6) is 0. The van der Waals surface area contributed by atoms with Crippen LogP contribution in [0.15, 0.2) is 30.5 Å². The van der Waals surface area contributed by atoms with Gasteiger partial charge < -0.3 is 5.73 Å². The molecule has 0 radical (unpaired) electrons. The van der Waals surface area contributed by atoms with E-state index >= 15 is 0 Å². The Kier molecular flexibility index (Phi) is 2.78. The van der Waals surface area contributed by atoms with E-state index < -0.39 is 0 Å². The van der Waals surface area contributed by atoms with E-state index in [4.69, 9.17) is 5.73 Å². The molecule has 0 aliphatic rings. The summed E-state index contributed by atoms with van der Waals surface area (Å²) in [6.45, 7) is 2.01. The van der Waals surface area contributed by atoms with Gasteiger partial charge in [-0.2, -0.15) is 0 Å². The van der Waals surface area contributed by atoms with Gasteiger partial charge >= 0.3 is 0 Å². The van der Waals surface area contributed by atoms with Gasteiger partial charge in [-0.25, -0.2) is 0 Å². The Hall–Kier alpha value is -1.68. The zero-order chi connectivity index (χ0) is 10.7. The van der Waals surface area contributed by atoms with E-state index in [0.29, 0.717) is 0 Å². The highest BCUT2D eigenvalue weighted by atomic mass is 15.3. The molecule has 78 valence electrons. The number of aromatic amines is 1. The molecule has 4 nitrogen and oxygen atoms in total. The van der Waals surface area contributed by atoms with Crippen LogP contribution in [0.25, 0.3) is 11.3 Å². The van der Waals surface area contributed by atoms with E-state index in [0.717, 1.165) is 17.7 Å². The van der Waals surface area contributed by atoms with Gasteiger partial charge in [0.25, 0.3) is 0 Å². The molecule has 0 aliphatic carbocycles. The van der Waals surface area contributed by atoms with E-state index in [1.54, 1.807) is 6.20 Å². The molecule has 0 saturated heterocycles. The molecule has 1 atom stereocenters. The summed E-state index contributed by atoms with van der Waals surface area (Å²) in [5, 5.41) is 10.3. The number of benzene rings is 1. The van der Waals surface area contributed by atoms with Gasteiger partial charge in [0.15, 0.2) is 0 Å². The largest absolute Gasteiger partial charge is 0.328 e. The maximum absolute atomic E-state index is 5.73. The molecule has 1 unspecified atom stereocenters. The lowest BCUT2D eigenvalue weighted by Crippen LogP contribution is -2.17. The number of hydrogen-bond acceptors (Lipinski definition) is 3. The molecular weight excluding hydrogens is 188 g/mol. The molecule has 2 rings (SSSR count). The van der Waals surface area contributed by atoms with Crippen molar-refractivity contribution < 1.29 is 0 Å². The van der Waals surface area contributed by atoms with Gasteiger partial charge in [-0.1, -0.05) is 29.5 Å². The fraction of sp³-hybridized carbons (Fsp3) is 0.273. The molecule has 15 heavy (non-hydrogen) atoms. The van der Waals surface area contributed by atoms with Crippen molar-refractivity contribution in [3.05, 3.63) is 36.0 Å². The predicted molar refractivity (Wildman–Crippen MR) is 59.2 cm³/mol. The molecule has 0 bridgehead atoms. The Morgan fingerprint density at radius 2 is 2.07 bits per heavy atom. The first-order valence-corrected chi connectivity index (χ1v) is 4.97. The zero-order valence-corrected chi connectivity index (χ0v) is 8.64. The molecule has 4 heteroatoms. The molecule has 3 N–H and O–H groups in total. The summed E-state index contributed by atoms with van der Waals surface area (Å²) >= 11 is 0. The van der Waals surface area contributed by atoms with Gasteiger partial charge in [-0.3, -0.25) is 5.10 Å². The molecule has 2 aromatic rings. The Bertz CT molecular complexity index is 403. The molecule has 0 saturated carbocycles. The van der Waals surface area contributed by atoms with Crippen molar-refractivity contribution in [1.29, 1.82) is 0 Å². The molecule has 0 aliphatic heterocycles. The summed E-state index contributed by atoms with van der Waals surface area (Å²) in [6.07, 6.45) is 2.68. The van der Waals surface area contributed by atoms with E-state index in [2.05, 4.69) is 27.5 Å². The van der Waals surface area contributed by atoms with Crippen molar-refractivity contribution in [3.8, 4) is 11.3 Å². The van der Waals surface area contributed by atoms with Crippen LogP contribution < -0.4 is 5.73 Å². The predicted octanol–water partition coefficient (Wildman–Crippen LogP) is 1.36. The van der Waals surface area contributed by atoms with Crippen LogP contribution in [-0.2, 0) is 6.42 Å². The van der Waals surface area contributed by atoms with E-state index in [1.165, 1.54) is 5.56 Å². The van der Waals surface area contributed by atoms with Gasteiger partial charge in [0.2, 0.25) is 0 Å². The topological polar surface area (TPSA) is 67.6 Å². The number of nitrogens with one attached hydrogen (secondary N) is 1. The minimum Gasteiger partial charge on any atom is -0.328 e. The number of nitrogens with zero attached hydrogens (tertiary/aromatic N) is 2. The third kappa shape index (κ3) is 2.41. The highest BCUT2D eigenvalue weighted by Gasteiger charge is 2.01. The van der Waals surface area contributed by atoms with Gasteiger partial charge in [0.1, 0.15) is 5.69 Å². The smallest absolute Gasteiger partial charge is 0.112 e. The summed E-state index contributed by atoms with van der Waals surface area (Å²) in [4.78, 5) is 0. The van der Waals surface area contributed by atoms with Gasteiger partial charge in [-0.05, 0) is 18.9 Å². The summed E-state index contributed by atoms with van der Waals surface area (Å²) in [5.41, 5.74) is 8.91. The lowest BCUT2D eigenvalue weighted by atomic mass is 10.0. The normalized spacial score (nSPS) is 12.7. The van der Waals surface area contributed by atoms with Crippen molar-refractivity contribution in [2.45, 2.75) is 19.4 Å². The van der Waals surface area contributed by atoms with Crippen molar-refractivity contribution in [2.24, 2.45) is 5.73 Å². The third-order valence-corrected chi connectivity index (χ3v) is 2.22. The molecule has 1 aromatic carbocycles. The van der Waals surface area contributed by atoms with Crippen LogP contribution >= 0.6 is 0 Å². The Balaban J connectivity index is 2.17. The van der Waals surface area contributed by atoms with Crippen LogP contribution in [0.5, 0.6) is 0 Å². The number of aromatic nitrogens is 3. The van der Waals surface area contributed by atoms with E-state index in [9.17, 15) is 0 Å². The first-order chi connectivity index (χ1) is 7.25.